The van der Waals surface area contributed by atoms with E-state index in [0.717, 1.165) is 23.9 Å². The molecule has 3 unspecified atom stereocenters. The summed E-state index contributed by atoms with van der Waals surface area (Å²) in [6.45, 7) is 10.9. The number of hydrogen-bond donors (Lipinski definition) is 1. The van der Waals surface area contributed by atoms with Crippen molar-refractivity contribution in [2.24, 2.45) is 11.8 Å². The number of nitrogens with one attached hydrogen (secondary N) is 1. The van der Waals surface area contributed by atoms with Gasteiger partial charge in [-0.25, -0.2) is 0 Å². The van der Waals surface area contributed by atoms with Gasteiger partial charge in [0, 0.05) is 25.2 Å². The molecule has 2 aliphatic rings. The molecule has 0 radical (unpaired) electrons. The zero-order valence-corrected chi connectivity index (χ0v) is 12.6. The van der Waals surface area contributed by atoms with E-state index in [2.05, 4.69) is 31.0 Å². The number of hydrogen-bond acceptors (Lipinski definition) is 2. The molecule has 1 saturated carbocycles. The minimum Gasteiger partial charge on any atom is -0.313 e. The Hall–Kier alpha value is -0.0800. The molecule has 2 fully saturated rings. The third-order valence-corrected chi connectivity index (χ3v) is 4.83. The number of rotatable bonds is 6. The van der Waals surface area contributed by atoms with Crippen molar-refractivity contribution < 1.29 is 0 Å². The minimum absolute atomic E-state index is 0.766. The Kier molecular flexibility index (Phi) is 5.50. The molecule has 0 aromatic rings. The maximum atomic E-state index is 3.67. The zero-order chi connectivity index (χ0) is 13.0. The molecular weight excluding hydrogens is 220 g/mol. The molecule has 2 rings (SSSR count). The van der Waals surface area contributed by atoms with Gasteiger partial charge in [-0.05, 0) is 44.1 Å². The summed E-state index contributed by atoms with van der Waals surface area (Å²) in [6, 6.07) is 1.64. The minimum atomic E-state index is 0.766. The van der Waals surface area contributed by atoms with E-state index >= 15 is 0 Å². The number of nitrogens with zero attached hydrogens (tertiary/aromatic N) is 1. The van der Waals surface area contributed by atoms with Crippen LogP contribution in [0.25, 0.3) is 0 Å². The van der Waals surface area contributed by atoms with Gasteiger partial charge in [-0.15, -0.1) is 0 Å². The molecule has 0 aromatic carbocycles. The lowest BCUT2D eigenvalue weighted by Gasteiger charge is -2.36. The van der Waals surface area contributed by atoms with Gasteiger partial charge in [0.15, 0.2) is 0 Å². The summed E-state index contributed by atoms with van der Waals surface area (Å²) in [5.74, 6) is 1.76. The van der Waals surface area contributed by atoms with Gasteiger partial charge in [0.2, 0.25) is 0 Å². The van der Waals surface area contributed by atoms with Crippen molar-refractivity contribution in [2.45, 2.75) is 71.4 Å². The lowest BCUT2D eigenvalue weighted by atomic mass is 9.97. The second kappa shape index (κ2) is 6.91. The lowest BCUT2D eigenvalue weighted by molar-refractivity contribution is 0.129. The molecule has 0 spiro atoms. The van der Waals surface area contributed by atoms with Crippen LogP contribution in [0.4, 0.5) is 0 Å². The molecule has 0 amide bonds. The highest BCUT2D eigenvalue weighted by Gasteiger charge is 2.32. The van der Waals surface area contributed by atoms with Crippen LogP contribution in [0.2, 0.25) is 0 Å². The topological polar surface area (TPSA) is 15.3 Å². The summed E-state index contributed by atoms with van der Waals surface area (Å²) >= 11 is 0. The van der Waals surface area contributed by atoms with Crippen LogP contribution in [0, 0.1) is 11.8 Å². The first-order valence-corrected chi connectivity index (χ1v) is 8.18. The molecule has 1 aliphatic carbocycles. The van der Waals surface area contributed by atoms with Crippen LogP contribution in [-0.2, 0) is 0 Å². The van der Waals surface area contributed by atoms with E-state index < -0.39 is 0 Å². The fourth-order valence-electron chi connectivity index (χ4n) is 3.98. The Labute approximate surface area is 114 Å². The molecule has 2 heteroatoms. The van der Waals surface area contributed by atoms with Gasteiger partial charge < -0.3 is 5.32 Å². The molecule has 3 atom stereocenters. The van der Waals surface area contributed by atoms with Crippen LogP contribution in [0.15, 0.2) is 0 Å². The van der Waals surface area contributed by atoms with E-state index in [1.165, 1.54) is 58.2 Å². The normalized spacial score (nSPS) is 32.8. The van der Waals surface area contributed by atoms with Crippen LogP contribution in [0.1, 0.15) is 59.3 Å². The quantitative estimate of drug-likeness (QED) is 0.780. The van der Waals surface area contributed by atoms with Gasteiger partial charge in [0.25, 0.3) is 0 Å². The van der Waals surface area contributed by atoms with Gasteiger partial charge in [-0.2, -0.15) is 0 Å². The van der Waals surface area contributed by atoms with E-state index in [1.54, 1.807) is 0 Å². The van der Waals surface area contributed by atoms with Crippen LogP contribution in [0.3, 0.4) is 0 Å². The van der Waals surface area contributed by atoms with Crippen molar-refractivity contribution in [1.29, 1.82) is 0 Å². The average molecular weight is 252 g/mol. The van der Waals surface area contributed by atoms with Crippen LogP contribution < -0.4 is 5.32 Å². The van der Waals surface area contributed by atoms with E-state index in [4.69, 9.17) is 0 Å². The Balaban J connectivity index is 1.94. The largest absolute Gasteiger partial charge is 0.313 e. The molecule has 18 heavy (non-hydrogen) atoms. The second-order valence-corrected chi connectivity index (χ2v) is 6.81. The molecule has 1 heterocycles. The summed E-state index contributed by atoms with van der Waals surface area (Å²) < 4.78 is 0. The molecule has 106 valence electrons. The van der Waals surface area contributed by atoms with Crippen molar-refractivity contribution in [3.63, 3.8) is 0 Å². The SMILES string of the molecule is CCC1CCCC1N(CC(C)C)CC1CCCN1. The standard InChI is InChI=1S/C16H32N2/c1-4-14-7-5-9-16(14)18(11-13(2)3)12-15-8-6-10-17-15/h13-17H,4-12H2,1-3H3. The van der Waals surface area contributed by atoms with Gasteiger partial charge in [0.05, 0.1) is 0 Å². The van der Waals surface area contributed by atoms with Crippen LogP contribution >= 0.6 is 0 Å². The Morgan fingerprint density at radius 1 is 1.17 bits per heavy atom. The smallest absolute Gasteiger partial charge is 0.0195 e. The van der Waals surface area contributed by atoms with Crippen molar-refractivity contribution in [1.82, 2.24) is 10.2 Å². The summed E-state index contributed by atoms with van der Waals surface area (Å²) in [5.41, 5.74) is 0. The molecule has 1 saturated heterocycles. The highest BCUT2D eigenvalue weighted by molar-refractivity contribution is 4.88. The first-order chi connectivity index (χ1) is 8.70. The molecule has 1 aliphatic heterocycles. The fraction of sp³-hybridized carbons (Fsp3) is 1.00. The Morgan fingerprint density at radius 3 is 2.61 bits per heavy atom. The monoisotopic (exact) mass is 252 g/mol. The maximum Gasteiger partial charge on any atom is 0.0195 e. The first kappa shape index (κ1) is 14.3. The second-order valence-electron chi connectivity index (χ2n) is 6.81. The van der Waals surface area contributed by atoms with Crippen molar-refractivity contribution >= 4 is 0 Å². The van der Waals surface area contributed by atoms with E-state index in [1.807, 2.05) is 0 Å². The third-order valence-electron chi connectivity index (χ3n) is 4.83. The van der Waals surface area contributed by atoms with Gasteiger partial charge in [-0.1, -0.05) is 33.6 Å². The maximum absolute atomic E-state index is 3.67. The van der Waals surface area contributed by atoms with E-state index in [0.29, 0.717) is 0 Å². The molecule has 0 bridgehead atoms. The predicted octanol–water partition coefficient (Wildman–Crippen LogP) is 3.28. The summed E-state index contributed by atoms with van der Waals surface area (Å²) in [6.07, 6.45) is 8.50. The van der Waals surface area contributed by atoms with Gasteiger partial charge in [0.1, 0.15) is 0 Å². The highest BCUT2D eigenvalue weighted by atomic mass is 15.2. The van der Waals surface area contributed by atoms with Crippen molar-refractivity contribution in [3.05, 3.63) is 0 Å². The Bertz CT molecular complexity index is 233. The Morgan fingerprint density at radius 2 is 2.00 bits per heavy atom. The average Bonchev–Trinajstić information content (AvgIpc) is 2.97. The fourth-order valence-corrected chi connectivity index (χ4v) is 3.98. The predicted molar refractivity (Wildman–Crippen MR) is 78.9 cm³/mol. The third kappa shape index (κ3) is 3.71. The van der Waals surface area contributed by atoms with Gasteiger partial charge in [-0.3, -0.25) is 4.90 Å². The first-order valence-electron chi connectivity index (χ1n) is 8.18. The van der Waals surface area contributed by atoms with E-state index in [9.17, 15) is 0 Å². The molecular formula is C16H32N2. The molecule has 2 nitrogen and oxygen atoms in total. The van der Waals surface area contributed by atoms with Crippen molar-refractivity contribution in [2.75, 3.05) is 19.6 Å². The molecule has 0 aromatic heterocycles. The van der Waals surface area contributed by atoms with Crippen molar-refractivity contribution in [3.8, 4) is 0 Å². The summed E-state index contributed by atoms with van der Waals surface area (Å²) in [5, 5.41) is 3.67. The van der Waals surface area contributed by atoms with Crippen LogP contribution in [0.5, 0.6) is 0 Å². The van der Waals surface area contributed by atoms with Crippen LogP contribution in [-0.4, -0.2) is 36.6 Å². The molecule has 1 N–H and O–H groups in total. The summed E-state index contributed by atoms with van der Waals surface area (Å²) in [7, 11) is 0. The van der Waals surface area contributed by atoms with Gasteiger partial charge >= 0.3 is 0 Å². The lowest BCUT2D eigenvalue weighted by Crippen LogP contribution is -2.46. The highest BCUT2D eigenvalue weighted by Crippen LogP contribution is 2.33. The summed E-state index contributed by atoms with van der Waals surface area (Å²) in [4.78, 5) is 2.83. The zero-order valence-electron chi connectivity index (χ0n) is 12.6. The van der Waals surface area contributed by atoms with E-state index in [-0.39, 0.29) is 0 Å².